The molecule has 0 heterocycles. The predicted octanol–water partition coefficient (Wildman–Crippen LogP) is 7.62. The number of halogens is 6. The lowest BCUT2D eigenvalue weighted by Crippen LogP contribution is -2.04. The van der Waals surface area contributed by atoms with Crippen LogP contribution in [-0.4, -0.2) is 0 Å². The lowest BCUT2D eigenvalue weighted by atomic mass is 10.2. The van der Waals surface area contributed by atoms with Crippen LogP contribution in [0.15, 0.2) is 48.5 Å². The number of ether oxygens (including phenoxy) is 2. The molecule has 0 bridgehead atoms. The Morgan fingerprint density at radius 1 is 0.536 bits per heavy atom. The Labute approximate surface area is 175 Å². The highest BCUT2D eigenvalue weighted by molar-refractivity contribution is 9.08. The van der Waals surface area contributed by atoms with Gasteiger partial charge in [-0.1, -0.05) is 56.1 Å². The average molecular weight is 520 g/mol. The van der Waals surface area contributed by atoms with E-state index in [9.17, 15) is 17.6 Å². The molecular formula is C20H12Br2F4O2. The van der Waals surface area contributed by atoms with Crippen LogP contribution in [0.1, 0.15) is 11.1 Å². The standard InChI is InChI=1S/C20H12Br2F4O2/c21-9-11-1-5-13(6-2-11)27-19-15(23)17(25)20(18(26)16(19)24)28-14-7-3-12(10-22)4-8-14/h1-8H,9-10H2. The summed E-state index contributed by atoms with van der Waals surface area (Å²) >= 11 is 6.52. The van der Waals surface area contributed by atoms with E-state index in [0.29, 0.717) is 10.7 Å². The molecule has 0 aliphatic carbocycles. The first-order valence-electron chi connectivity index (χ1n) is 7.96. The Morgan fingerprint density at radius 3 is 1.07 bits per heavy atom. The van der Waals surface area contributed by atoms with Gasteiger partial charge in [-0.2, -0.15) is 17.6 Å². The summed E-state index contributed by atoms with van der Waals surface area (Å²) in [5, 5.41) is 1.14. The third kappa shape index (κ3) is 4.33. The number of benzene rings is 3. The van der Waals surface area contributed by atoms with Gasteiger partial charge < -0.3 is 9.47 Å². The third-order valence-electron chi connectivity index (χ3n) is 3.78. The van der Waals surface area contributed by atoms with Crippen LogP contribution in [0.25, 0.3) is 0 Å². The van der Waals surface area contributed by atoms with Crippen molar-refractivity contribution in [3.05, 3.63) is 82.9 Å². The van der Waals surface area contributed by atoms with Gasteiger partial charge in [-0.25, -0.2) is 0 Å². The molecule has 0 atom stereocenters. The molecule has 0 saturated heterocycles. The lowest BCUT2D eigenvalue weighted by Gasteiger charge is -2.14. The van der Waals surface area contributed by atoms with E-state index in [1.807, 2.05) is 0 Å². The molecule has 28 heavy (non-hydrogen) atoms. The monoisotopic (exact) mass is 518 g/mol. The second-order valence-electron chi connectivity index (χ2n) is 5.67. The first kappa shape index (κ1) is 20.7. The zero-order valence-corrected chi connectivity index (χ0v) is 17.3. The Kier molecular flexibility index (Phi) is 6.61. The summed E-state index contributed by atoms with van der Waals surface area (Å²) in [6.45, 7) is 0. The molecule has 3 rings (SSSR count). The van der Waals surface area contributed by atoms with Crippen LogP contribution in [0, 0.1) is 23.3 Å². The zero-order chi connectivity index (χ0) is 20.3. The molecule has 0 unspecified atom stereocenters. The number of rotatable bonds is 6. The second-order valence-corrected chi connectivity index (χ2v) is 6.79. The second kappa shape index (κ2) is 8.96. The van der Waals surface area contributed by atoms with Crippen LogP contribution in [0.4, 0.5) is 17.6 Å². The highest BCUT2D eigenvalue weighted by atomic mass is 79.9. The smallest absolute Gasteiger partial charge is 0.208 e. The minimum absolute atomic E-state index is 0.0281. The maximum Gasteiger partial charge on any atom is 0.208 e. The van der Waals surface area contributed by atoms with E-state index in [0.717, 1.165) is 11.1 Å². The van der Waals surface area contributed by atoms with Crippen LogP contribution in [0.5, 0.6) is 23.0 Å². The summed E-state index contributed by atoms with van der Waals surface area (Å²) in [6.07, 6.45) is 0. The molecule has 0 fully saturated rings. The highest BCUT2D eigenvalue weighted by Crippen LogP contribution is 2.38. The van der Waals surface area contributed by atoms with Crippen LogP contribution in [-0.2, 0) is 10.7 Å². The zero-order valence-electron chi connectivity index (χ0n) is 14.1. The molecule has 0 N–H and O–H groups in total. The fraction of sp³-hybridized carbons (Fsp3) is 0.100. The average Bonchev–Trinajstić information content (AvgIpc) is 2.73. The van der Waals surface area contributed by atoms with Crippen molar-refractivity contribution in [2.75, 3.05) is 0 Å². The normalized spacial score (nSPS) is 10.8. The Morgan fingerprint density at radius 2 is 0.821 bits per heavy atom. The van der Waals surface area contributed by atoms with Crippen molar-refractivity contribution in [3.63, 3.8) is 0 Å². The molecular weight excluding hydrogens is 508 g/mol. The third-order valence-corrected chi connectivity index (χ3v) is 5.07. The molecule has 0 amide bonds. The van der Waals surface area contributed by atoms with Crippen LogP contribution in [0.2, 0.25) is 0 Å². The minimum Gasteiger partial charge on any atom is -0.451 e. The molecule has 146 valence electrons. The molecule has 0 saturated carbocycles. The van der Waals surface area contributed by atoms with E-state index in [4.69, 9.17) is 9.47 Å². The molecule has 8 heteroatoms. The van der Waals surface area contributed by atoms with E-state index >= 15 is 0 Å². The van der Waals surface area contributed by atoms with Gasteiger partial charge in [0.2, 0.25) is 34.8 Å². The Hall–Kier alpha value is -2.06. The predicted molar refractivity (Wildman–Crippen MR) is 105 cm³/mol. The van der Waals surface area contributed by atoms with E-state index in [1.165, 1.54) is 24.3 Å². The molecule has 0 aliphatic heterocycles. The van der Waals surface area contributed by atoms with Gasteiger partial charge in [0.05, 0.1) is 0 Å². The molecule has 0 aromatic heterocycles. The molecule has 0 radical (unpaired) electrons. The number of hydrogen-bond donors (Lipinski definition) is 0. The summed E-state index contributed by atoms with van der Waals surface area (Å²) in [4.78, 5) is 0. The highest BCUT2D eigenvalue weighted by Gasteiger charge is 2.29. The molecule has 0 spiro atoms. The Bertz CT molecular complexity index is 867. The van der Waals surface area contributed by atoms with Gasteiger partial charge in [-0.05, 0) is 35.4 Å². The van der Waals surface area contributed by atoms with Gasteiger partial charge in [-0.15, -0.1) is 0 Å². The fourth-order valence-electron chi connectivity index (χ4n) is 2.30. The summed E-state index contributed by atoms with van der Waals surface area (Å²) in [5.74, 6) is -9.04. The van der Waals surface area contributed by atoms with E-state index < -0.39 is 34.8 Å². The van der Waals surface area contributed by atoms with E-state index in [1.54, 1.807) is 24.3 Å². The summed E-state index contributed by atoms with van der Waals surface area (Å²) < 4.78 is 67.5. The van der Waals surface area contributed by atoms with E-state index in [2.05, 4.69) is 31.9 Å². The molecule has 3 aromatic rings. The first-order chi connectivity index (χ1) is 13.4. The quantitative estimate of drug-likeness (QED) is 0.189. The van der Waals surface area contributed by atoms with Crippen molar-refractivity contribution in [1.82, 2.24) is 0 Å². The van der Waals surface area contributed by atoms with Crippen molar-refractivity contribution in [2.24, 2.45) is 0 Å². The maximum absolute atomic E-state index is 14.4. The summed E-state index contributed by atoms with van der Waals surface area (Å²) in [6, 6.07) is 12.3. The lowest BCUT2D eigenvalue weighted by molar-refractivity contribution is 0.330. The van der Waals surface area contributed by atoms with Crippen LogP contribution >= 0.6 is 31.9 Å². The van der Waals surface area contributed by atoms with Gasteiger partial charge in [0.1, 0.15) is 11.5 Å². The van der Waals surface area contributed by atoms with Gasteiger partial charge in [-0.3, -0.25) is 0 Å². The van der Waals surface area contributed by atoms with Gasteiger partial charge in [0.25, 0.3) is 0 Å². The maximum atomic E-state index is 14.4. The summed E-state index contributed by atoms with van der Waals surface area (Å²) in [5.41, 5.74) is 1.78. The van der Waals surface area contributed by atoms with Gasteiger partial charge in [0.15, 0.2) is 0 Å². The van der Waals surface area contributed by atoms with Crippen LogP contribution < -0.4 is 9.47 Å². The van der Waals surface area contributed by atoms with Crippen LogP contribution in [0.3, 0.4) is 0 Å². The van der Waals surface area contributed by atoms with Crippen molar-refractivity contribution in [3.8, 4) is 23.0 Å². The topological polar surface area (TPSA) is 18.5 Å². The van der Waals surface area contributed by atoms with Crippen molar-refractivity contribution >= 4 is 31.9 Å². The molecule has 2 nitrogen and oxygen atoms in total. The van der Waals surface area contributed by atoms with Crippen molar-refractivity contribution in [2.45, 2.75) is 10.7 Å². The number of alkyl halides is 2. The largest absolute Gasteiger partial charge is 0.451 e. The SMILES string of the molecule is Fc1c(F)c(Oc2ccc(CBr)cc2)c(F)c(F)c1Oc1ccc(CBr)cc1. The first-order valence-corrected chi connectivity index (χ1v) is 10.2. The van der Waals surface area contributed by atoms with Gasteiger partial charge in [0, 0.05) is 10.7 Å². The Balaban J connectivity index is 1.93. The molecule has 3 aromatic carbocycles. The van der Waals surface area contributed by atoms with Crippen molar-refractivity contribution < 1.29 is 27.0 Å². The molecule has 0 aliphatic rings. The fourth-order valence-corrected chi connectivity index (χ4v) is 3.05. The van der Waals surface area contributed by atoms with Gasteiger partial charge >= 0.3 is 0 Å². The summed E-state index contributed by atoms with van der Waals surface area (Å²) in [7, 11) is 0. The van der Waals surface area contributed by atoms with E-state index in [-0.39, 0.29) is 11.5 Å². The number of hydrogen-bond acceptors (Lipinski definition) is 2. The van der Waals surface area contributed by atoms with Crippen molar-refractivity contribution in [1.29, 1.82) is 0 Å². The minimum atomic E-state index is -1.68.